The van der Waals surface area contributed by atoms with Crippen LogP contribution in [0, 0.1) is 16.2 Å². The fraction of sp³-hybridized carbons (Fsp3) is 0.947. The third-order valence-electron chi connectivity index (χ3n) is 6.69. The van der Waals surface area contributed by atoms with Crippen LogP contribution in [-0.2, 0) is 9.53 Å². The summed E-state index contributed by atoms with van der Waals surface area (Å²) in [5.74, 6) is -0.771. The standard InChI is InChI=1S/C19H33NO3/c1-5-18-10-16(2)9-17(3,11-18)13-19(12-16,14-18)23-7-6-20(4)8-15(21)22/h5-14H2,1-4H3,(H,21,22). The van der Waals surface area contributed by atoms with Gasteiger partial charge >= 0.3 is 5.97 Å². The molecule has 0 spiro atoms. The van der Waals surface area contributed by atoms with Crippen molar-refractivity contribution in [1.82, 2.24) is 4.90 Å². The summed E-state index contributed by atoms with van der Waals surface area (Å²) >= 11 is 0. The first-order valence-corrected chi connectivity index (χ1v) is 9.16. The summed E-state index contributed by atoms with van der Waals surface area (Å²) in [6, 6.07) is 0. The maximum Gasteiger partial charge on any atom is 0.317 e. The van der Waals surface area contributed by atoms with Crippen molar-refractivity contribution >= 4 is 5.97 Å². The second-order valence-corrected chi connectivity index (χ2v) is 9.70. The van der Waals surface area contributed by atoms with E-state index in [1.54, 1.807) is 0 Å². The number of nitrogens with zero attached hydrogens (tertiary/aromatic N) is 1. The fourth-order valence-electron chi connectivity index (χ4n) is 7.09. The van der Waals surface area contributed by atoms with Crippen LogP contribution < -0.4 is 0 Å². The molecule has 132 valence electrons. The highest BCUT2D eigenvalue weighted by Crippen LogP contribution is 2.72. The van der Waals surface area contributed by atoms with Gasteiger partial charge in [-0.1, -0.05) is 27.2 Å². The molecule has 0 saturated heterocycles. The SMILES string of the molecule is CCC12CC3(C)CC(C)(C1)CC(OCCN(C)CC(=O)O)(C3)C2. The van der Waals surface area contributed by atoms with Gasteiger partial charge in [-0.3, -0.25) is 9.69 Å². The zero-order chi connectivity index (χ0) is 16.9. The van der Waals surface area contributed by atoms with Gasteiger partial charge in [0.1, 0.15) is 0 Å². The Bertz CT molecular complexity index is 471. The molecule has 0 heterocycles. The number of hydrogen-bond acceptors (Lipinski definition) is 3. The normalized spacial score (nSPS) is 44.9. The van der Waals surface area contributed by atoms with Crippen LogP contribution in [0.2, 0.25) is 0 Å². The highest BCUT2D eigenvalue weighted by atomic mass is 16.5. The number of hydrogen-bond donors (Lipinski definition) is 1. The Labute approximate surface area is 140 Å². The highest BCUT2D eigenvalue weighted by Gasteiger charge is 2.65. The van der Waals surface area contributed by atoms with Crippen LogP contribution in [0.15, 0.2) is 0 Å². The lowest BCUT2D eigenvalue weighted by Gasteiger charge is -2.69. The van der Waals surface area contributed by atoms with Crippen LogP contribution in [0.3, 0.4) is 0 Å². The van der Waals surface area contributed by atoms with E-state index in [-0.39, 0.29) is 12.1 Å². The van der Waals surface area contributed by atoms with E-state index in [1.165, 1.54) is 44.9 Å². The van der Waals surface area contributed by atoms with Crippen molar-refractivity contribution in [3.05, 3.63) is 0 Å². The maximum atomic E-state index is 10.8. The molecule has 2 atom stereocenters. The minimum Gasteiger partial charge on any atom is -0.480 e. The molecular formula is C19H33NO3. The second-order valence-electron chi connectivity index (χ2n) is 9.70. The van der Waals surface area contributed by atoms with Gasteiger partial charge in [0.25, 0.3) is 0 Å². The lowest BCUT2D eigenvalue weighted by atomic mass is 9.38. The van der Waals surface area contributed by atoms with E-state index in [9.17, 15) is 4.79 Å². The number of likely N-dealkylation sites (N-methyl/N-ethyl adjacent to an activating group) is 1. The number of carboxylic acid groups (broad SMARTS) is 1. The predicted octanol–water partition coefficient (Wildman–Crippen LogP) is 3.55. The molecule has 0 amide bonds. The number of carbonyl (C=O) groups is 1. The van der Waals surface area contributed by atoms with Gasteiger partial charge in [-0.05, 0) is 61.8 Å². The molecule has 0 aromatic rings. The molecule has 4 bridgehead atoms. The maximum absolute atomic E-state index is 10.8. The van der Waals surface area contributed by atoms with E-state index < -0.39 is 5.97 Å². The van der Waals surface area contributed by atoms with E-state index in [0.29, 0.717) is 29.4 Å². The summed E-state index contributed by atoms with van der Waals surface area (Å²) in [6.07, 6.45) is 8.96. The summed E-state index contributed by atoms with van der Waals surface area (Å²) in [5, 5.41) is 8.86. The van der Waals surface area contributed by atoms with Gasteiger partial charge in [-0.2, -0.15) is 0 Å². The third kappa shape index (κ3) is 3.30. The minimum atomic E-state index is -0.771. The Hall–Kier alpha value is -0.610. The molecule has 4 aliphatic carbocycles. The molecule has 0 aliphatic heterocycles. The Morgan fingerprint density at radius 1 is 1.09 bits per heavy atom. The van der Waals surface area contributed by atoms with Crippen LogP contribution in [0.25, 0.3) is 0 Å². The average Bonchev–Trinajstić information content (AvgIpc) is 2.33. The molecule has 1 N–H and O–H groups in total. The number of rotatable bonds is 7. The van der Waals surface area contributed by atoms with Gasteiger partial charge in [0, 0.05) is 6.54 Å². The van der Waals surface area contributed by atoms with Crippen molar-refractivity contribution < 1.29 is 14.6 Å². The van der Waals surface area contributed by atoms with Gasteiger partial charge in [0.05, 0.1) is 18.8 Å². The van der Waals surface area contributed by atoms with Crippen LogP contribution in [0.5, 0.6) is 0 Å². The molecule has 23 heavy (non-hydrogen) atoms. The van der Waals surface area contributed by atoms with Gasteiger partial charge in [-0.25, -0.2) is 0 Å². The third-order valence-corrected chi connectivity index (χ3v) is 6.69. The molecule has 4 nitrogen and oxygen atoms in total. The van der Waals surface area contributed by atoms with E-state index in [0.717, 1.165) is 0 Å². The first-order valence-electron chi connectivity index (χ1n) is 9.16. The van der Waals surface area contributed by atoms with Crippen molar-refractivity contribution in [2.75, 3.05) is 26.7 Å². The lowest BCUT2D eigenvalue weighted by Crippen LogP contribution is -2.63. The topological polar surface area (TPSA) is 49.8 Å². The van der Waals surface area contributed by atoms with E-state index in [4.69, 9.17) is 9.84 Å². The summed E-state index contributed by atoms with van der Waals surface area (Å²) in [4.78, 5) is 12.6. The van der Waals surface area contributed by atoms with Crippen molar-refractivity contribution in [2.24, 2.45) is 16.2 Å². The van der Waals surface area contributed by atoms with E-state index >= 15 is 0 Å². The van der Waals surface area contributed by atoms with Gasteiger partial charge < -0.3 is 9.84 Å². The molecule has 4 fully saturated rings. The summed E-state index contributed by atoms with van der Waals surface area (Å²) in [7, 11) is 1.85. The first kappa shape index (κ1) is 17.2. The minimum absolute atomic E-state index is 0.0400. The van der Waals surface area contributed by atoms with Gasteiger partial charge in [-0.15, -0.1) is 0 Å². The molecule has 0 aromatic carbocycles. The molecule has 0 aromatic heterocycles. The first-order chi connectivity index (χ1) is 10.6. The largest absolute Gasteiger partial charge is 0.480 e. The fourth-order valence-corrected chi connectivity index (χ4v) is 7.09. The van der Waals surface area contributed by atoms with Crippen LogP contribution >= 0.6 is 0 Å². The zero-order valence-corrected chi connectivity index (χ0v) is 15.3. The van der Waals surface area contributed by atoms with Crippen molar-refractivity contribution in [1.29, 1.82) is 0 Å². The number of aliphatic carboxylic acids is 1. The Balaban J connectivity index is 1.68. The van der Waals surface area contributed by atoms with Crippen LogP contribution in [-0.4, -0.2) is 48.3 Å². The molecule has 0 radical (unpaired) electrons. The monoisotopic (exact) mass is 323 g/mol. The Kier molecular flexibility index (Phi) is 4.08. The molecule has 4 rings (SSSR count). The number of ether oxygens (including phenoxy) is 1. The van der Waals surface area contributed by atoms with E-state index in [1.807, 2.05) is 11.9 Å². The molecular weight excluding hydrogens is 290 g/mol. The van der Waals surface area contributed by atoms with Crippen LogP contribution in [0.1, 0.15) is 65.7 Å². The predicted molar refractivity (Wildman–Crippen MR) is 90.5 cm³/mol. The Morgan fingerprint density at radius 3 is 2.22 bits per heavy atom. The molecule has 4 heteroatoms. The lowest BCUT2D eigenvalue weighted by molar-refractivity contribution is -0.245. The smallest absolute Gasteiger partial charge is 0.317 e. The van der Waals surface area contributed by atoms with Crippen molar-refractivity contribution in [3.8, 4) is 0 Å². The van der Waals surface area contributed by atoms with Crippen molar-refractivity contribution in [2.45, 2.75) is 71.3 Å². The second kappa shape index (κ2) is 5.45. The zero-order valence-electron chi connectivity index (χ0n) is 15.3. The average molecular weight is 323 g/mol. The Morgan fingerprint density at radius 2 is 1.70 bits per heavy atom. The van der Waals surface area contributed by atoms with E-state index in [2.05, 4.69) is 20.8 Å². The van der Waals surface area contributed by atoms with Gasteiger partial charge in [0.2, 0.25) is 0 Å². The highest BCUT2D eigenvalue weighted by molar-refractivity contribution is 5.68. The summed E-state index contributed by atoms with van der Waals surface area (Å²) in [6.45, 7) is 8.73. The van der Waals surface area contributed by atoms with Crippen molar-refractivity contribution in [3.63, 3.8) is 0 Å². The molecule has 4 aliphatic rings. The van der Waals surface area contributed by atoms with Gasteiger partial charge in [0.15, 0.2) is 0 Å². The quantitative estimate of drug-likeness (QED) is 0.778. The summed E-state index contributed by atoms with van der Waals surface area (Å²) < 4.78 is 6.52. The summed E-state index contributed by atoms with van der Waals surface area (Å²) in [5.41, 5.74) is 1.39. The molecule has 2 unspecified atom stereocenters. The molecule has 4 saturated carbocycles. The van der Waals surface area contributed by atoms with Crippen LogP contribution in [0.4, 0.5) is 0 Å². The number of carboxylic acids is 1.